The maximum absolute atomic E-state index is 13.2. The van der Waals surface area contributed by atoms with Gasteiger partial charge in [0.05, 0.1) is 50.3 Å². The van der Waals surface area contributed by atoms with Gasteiger partial charge in [-0.05, 0) is 25.7 Å². The van der Waals surface area contributed by atoms with Gasteiger partial charge in [-0.1, -0.05) is 357 Å². The number of amidine groups is 2. The molecule has 0 aliphatic rings. The molecule has 0 aliphatic heterocycles. The average molecular weight is 1520 g/mol. The number of aliphatic imine (C=N–C) groups is 2. The second-order valence-electron chi connectivity index (χ2n) is 28.8. The molecule has 0 amide bonds. The Hall–Kier alpha value is -2.18. The molecule has 18 nitrogen and oxygen atoms in total. The first-order valence-corrected chi connectivity index (χ1v) is 48.0. The van der Waals surface area contributed by atoms with Crippen LogP contribution in [-0.2, 0) is 56.3 Å². The van der Waals surface area contributed by atoms with Gasteiger partial charge in [0.2, 0.25) is 0 Å². The van der Waals surface area contributed by atoms with E-state index in [4.69, 9.17) is 39.5 Å². The van der Waals surface area contributed by atoms with Crippen LogP contribution in [0, 0.1) is 0 Å². The quantitative estimate of drug-likeness (QED) is 0.00838. The van der Waals surface area contributed by atoms with Crippen molar-refractivity contribution in [3.05, 3.63) is 0 Å². The van der Waals surface area contributed by atoms with Gasteiger partial charge in [0.25, 0.3) is 0 Å². The Labute approximate surface area is 632 Å². The lowest BCUT2D eigenvalue weighted by Crippen LogP contribution is -2.29. The van der Waals surface area contributed by atoms with E-state index in [2.05, 4.69) is 37.7 Å². The van der Waals surface area contributed by atoms with E-state index in [1.807, 2.05) is 0 Å². The van der Waals surface area contributed by atoms with Crippen LogP contribution < -0.4 is 11.5 Å². The van der Waals surface area contributed by atoms with Crippen molar-refractivity contribution in [2.45, 2.75) is 412 Å². The van der Waals surface area contributed by atoms with Crippen molar-refractivity contribution in [2.24, 2.45) is 21.5 Å². The van der Waals surface area contributed by atoms with Gasteiger partial charge in [-0.25, -0.2) is 0 Å². The molecule has 0 saturated heterocycles. The van der Waals surface area contributed by atoms with Crippen LogP contribution in [0.1, 0.15) is 400 Å². The number of hydrogen-bond acceptors (Lipinski definition) is 16. The summed E-state index contributed by atoms with van der Waals surface area (Å²) in [5.74, 6) is 0.117. The first kappa shape index (κ1) is 99.8. The Bertz CT molecular complexity index is 1960. The van der Waals surface area contributed by atoms with Crippen LogP contribution in [0.15, 0.2) is 9.98 Å². The molecule has 0 rings (SSSR count). The molecule has 0 heterocycles. The maximum atomic E-state index is 13.2. The van der Waals surface area contributed by atoms with Gasteiger partial charge in [-0.3, -0.25) is 38.3 Å². The zero-order chi connectivity index (χ0) is 74.8. The molecule has 602 valence electrons. The molecule has 0 aromatic carbocycles. The third-order valence-corrected chi connectivity index (χ3v) is 23.7. The SMILES string of the molecule is CCCCCCCCCCCCCCCC(=O)OCC(COP(=O)(O)CCN=C(N)CCSSCCC(N)=NCCP(=O)(O)OCC(COC(=O)CCCCCCCCCCCCCCC)OC(=O)CCCCCCCCCCCCCCC)OC(=O)CCCCCCCCCCCCCCC. The smallest absolute Gasteiger partial charge is 0.330 e. The lowest BCUT2D eigenvalue weighted by molar-refractivity contribution is -0.161. The monoisotopic (exact) mass is 1520 g/mol. The normalized spacial score (nSPS) is 13.8. The zero-order valence-electron chi connectivity index (χ0n) is 65.8. The van der Waals surface area contributed by atoms with Gasteiger partial charge < -0.3 is 49.2 Å². The fraction of sp³-hybridized carbons (Fsp3) is 0.925. The van der Waals surface area contributed by atoms with Gasteiger partial charge in [0.1, 0.15) is 13.2 Å². The van der Waals surface area contributed by atoms with E-state index in [0.717, 1.165) is 77.0 Å². The van der Waals surface area contributed by atoms with E-state index in [-0.39, 0.29) is 64.3 Å². The summed E-state index contributed by atoms with van der Waals surface area (Å²) in [6.45, 7) is 7.49. The summed E-state index contributed by atoms with van der Waals surface area (Å²) < 4.78 is 59.7. The van der Waals surface area contributed by atoms with E-state index in [1.54, 1.807) is 21.6 Å². The first-order valence-electron chi connectivity index (χ1n) is 42.0. The zero-order valence-corrected chi connectivity index (χ0v) is 69.2. The molecule has 0 bridgehead atoms. The topological polar surface area (TPSA) is 275 Å². The van der Waals surface area contributed by atoms with Gasteiger partial charge in [-0.2, -0.15) is 0 Å². The summed E-state index contributed by atoms with van der Waals surface area (Å²) in [5, 5.41) is 0. The molecule has 0 radical (unpaired) electrons. The largest absolute Gasteiger partial charge is 0.462 e. The van der Waals surface area contributed by atoms with E-state index < -0.39 is 64.5 Å². The number of ether oxygens (including phenoxy) is 4. The van der Waals surface area contributed by atoms with Crippen molar-refractivity contribution in [3.63, 3.8) is 0 Å². The molecule has 0 aromatic rings. The second kappa shape index (κ2) is 75.6. The Morgan fingerprint density at radius 1 is 0.314 bits per heavy atom. The fourth-order valence-corrected chi connectivity index (χ4v) is 15.9. The van der Waals surface area contributed by atoms with E-state index in [1.165, 1.54) is 231 Å². The summed E-state index contributed by atoms with van der Waals surface area (Å²) in [6.07, 6.45) is 61.0. The minimum atomic E-state index is -4.19. The van der Waals surface area contributed by atoms with Crippen LogP contribution in [-0.4, -0.2) is 121 Å². The number of esters is 4. The van der Waals surface area contributed by atoms with Crippen LogP contribution in [0.25, 0.3) is 0 Å². The van der Waals surface area contributed by atoms with E-state index >= 15 is 0 Å². The molecule has 0 spiro atoms. The number of carbonyl (C=O) groups is 4. The Morgan fingerprint density at radius 3 is 0.745 bits per heavy atom. The molecule has 0 aliphatic carbocycles. The highest BCUT2D eigenvalue weighted by Crippen LogP contribution is 2.42. The molecule has 0 fully saturated rings. The van der Waals surface area contributed by atoms with Crippen LogP contribution >= 0.6 is 36.8 Å². The van der Waals surface area contributed by atoms with E-state index in [9.17, 15) is 38.1 Å². The van der Waals surface area contributed by atoms with Crippen molar-refractivity contribution in [3.8, 4) is 0 Å². The molecule has 22 heteroatoms. The standard InChI is InChI=1S/C80H156N4O14P2S2/c1-5-9-13-17-21-25-29-33-37-41-45-49-53-57-77(85)93-69-73(97-79(87)59-55-51-47-43-39-35-31-27-23-19-15-11-7-3)71-95-99(89,90)65-63-83-75(81)61-67-101-102-68-62-76(82)84-64-66-100(91,92)96-72-74(98-80(88)60-56-52-48-44-40-36-32-28-24-20-16-12-8-4)70-94-78(86)58-54-50-46-42-38-34-30-26-22-18-14-10-6-2/h73-74H,5-72H2,1-4H3,(H2,81,83)(H2,82,84)(H,89,90)(H,91,92). The molecular formula is C80H156N4O14P2S2. The minimum Gasteiger partial charge on any atom is -0.462 e. The summed E-state index contributed by atoms with van der Waals surface area (Å²) in [6, 6.07) is 0. The van der Waals surface area contributed by atoms with Crippen molar-refractivity contribution in [2.75, 3.05) is 63.3 Å². The van der Waals surface area contributed by atoms with Gasteiger partial charge >= 0.3 is 39.1 Å². The van der Waals surface area contributed by atoms with Crippen molar-refractivity contribution >= 4 is 72.3 Å². The number of carbonyl (C=O) groups excluding carboxylic acids is 4. The Balaban J connectivity index is 5.01. The first-order chi connectivity index (χ1) is 49.6. The van der Waals surface area contributed by atoms with Crippen LogP contribution in [0.2, 0.25) is 0 Å². The third-order valence-electron chi connectivity index (χ3n) is 18.7. The minimum absolute atomic E-state index is 0.0591. The molecule has 6 N–H and O–H groups in total. The lowest BCUT2D eigenvalue weighted by Gasteiger charge is -2.20. The van der Waals surface area contributed by atoms with Gasteiger partial charge in [0, 0.05) is 50.0 Å². The van der Waals surface area contributed by atoms with Gasteiger partial charge in [0.15, 0.2) is 12.2 Å². The lowest BCUT2D eigenvalue weighted by atomic mass is 10.0. The number of rotatable bonds is 81. The number of unbranched alkanes of at least 4 members (excludes halogenated alkanes) is 48. The van der Waals surface area contributed by atoms with Crippen molar-refractivity contribution in [1.29, 1.82) is 0 Å². The molecular weight excluding hydrogens is 1370 g/mol. The predicted molar refractivity (Wildman–Crippen MR) is 431 cm³/mol. The van der Waals surface area contributed by atoms with Crippen LogP contribution in [0.4, 0.5) is 0 Å². The number of nitrogens with zero attached hydrogens (tertiary/aromatic N) is 2. The number of hydrogen-bond donors (Lipinski definition) is 4. The molecule has 0 saturated carbocycles. The molecule has 4 unspecified atom stereocenters. The highest BCUT2D eigenvalue weighted by molar-refractivity contribution is 8.76. The van der Waals surface area contributed by atoms with Crippen LogP contribution in [0.5, 0.6) is 0 Å². The summed E-state index contributed by atoms with van der Waals surface area (Å²) in [5.41, 5.74) is 12.3. The molecule has 4 atom stereocenters. The molecule has 102 heavy (non-hydrogen) atoms. The fourth-order valence-electron chi connectivity index (χ4n) is 12.1. The van der Waals surface area contributed by atoms with Crippen molar-refractivity contribution in [1.82, 2.24) is 0 Å². The summed E-state index contributed by atoms with van der Waals surface area (Å²) in [7, 11) is -5.29. The predicted octanol–water partition coefficient (Wildman–Crippen LogP) is 23.1. The highest BCUT2D eigenvalue weighted by Gasteiger charge is 2.27. The molecule has 0 aromatic heterocycles. The average Bonchev–Trinajstić information content (AvgIpc) is 1.00. The summed E-state index contributed by atoms with van der Waals surface area (Å²) >= 11 is 0. The number of nitrogens with two attached hydrogens (primary N) is 2. The van der Waals surface area contributed by atoms with Crippen LogP contribution in [0.3, 0.4) is 0 Å². The Kier molecular flexibility index (Phi) is 74.0. The second-order valence-corrected chi connectivity index (χ2v) is 35.4. The van der Waals surface area contributed by atoms with E-state index in [0.29, 0.717) is 61.7 Å². The summed E-state index contributed by atoms with van der Waals surface area (Å²) in [4.78, 5) is 81.6. The van der Waals surface area contributed by atoms with Gasteiger partial charge in [-0.15, -0.1) is 0 Å². The Morgan fingerprint density at radius 2 is 0.520 bits per heavy atom. The third kappa shape index (κ3) is 74.7. The van der Waals surface area contributed by atoms with Crippen molar-refractivity contribution < 1.29 is 66.1 Å². The maximum Gasteiger partial charge on any atom is 0.330 e. The highest BCUT2D eigenvalue weighted by atomic mass is 33.1.